The number of carboxylic acid groups (broad SMARTS) is 1. The third kappa shape index (κ3) is 2.93. The Morgan fingerprint density at radius 1 is 1.43 bits per heavy atom. The lowest BCUT2D eigenvalue weighted by molar-refractivity contribution is -0.139. The molecule has 2 aromatic rings. The van der Waals surface area contributed by atoms with Crippen molar-refractivity contribution in [1.29, 1.82) is 0 Å². The fraction of sp³-hybridized carbons (Fsp3) is 0.375. The van der Waals surface area contributed by atoms with Crippen LogP contribution in [0.5, 0.6) is 0 Å². The number of carbonyl (C=O) groups is 2. The molecule has 7 heteroatoms. The first kappa shape index (κ1) is 15.5. The summed E-state index contributed by atoms with van der Waals surface area (Å²) in [5.74, 6) is -1.57. The third-order valence-electron chi connectivity index (χ3n) is 4.19. The summed E-state index contributed by atoms with van der Waals surface area (Å²) in [7, 11) is 1.77. The highest BCUT2D eigenvalue weighted by molar-refractivity contribution is 5.95. The SMILES string of the molecule is Cn1c(C(=O)OC[C@]2(O)CN[C@H](C(=O)O)C2)cc2ccccc21. The van der Waals surface area contributed by atoms with Crippen molar-refractivity contribution in [3.8, 4) is 0 Å². The topological polar surface area (TPSA) is 101 Å². The molecule has 2 heterocycles. The normalized spacial score (nSPS) is 24.0. The lowest BCUT2D eigenvalue weighted by Gasteiger charge is -2.20. The van der Waals surface area contributed by atoms with Crippen LogP contribution in [0.15, 0.2) is 30.3 Å². The molecule has 0 saturated carbocycles. The number of β-amino-alcohol motifs (C(OH)–C–C–N with tert-alkyl or cyclic N) is 1. The van der Waals surface area contributed by atoms with Crippen LogP contribution in [-0.2, 0) is 16.6 Å². The van der Waals surface area contributed by atoms with Gasteiger partial charge < -0.3 is 24.8 Å². The molecule has 1 fully saturated rings. The van der Waals surface area contributed by atoms with E-state index in [1.54, 1.807) is 17.7 Å². The van der Waals surface area contributed by atoms with Crippen molar-refractivity contribution in [2.45, 2.75) is 18.1 Å². The van der Waals surface area contributed by atoms with Crippen LogP contribution in [0.1, 0.15) is 16.9 Å². The first-order chi connectivity index (χ1) is 10.9. The van der Waals surface area contributed by atoms with E-state index in [0.29, 0.717) is 5.69 Å². The number of fused-ring (bicyclic) bond motifs is 1. The van der Waals surface area contributed by atoms with Crippen molar-refractivity contribution in [2.24, 2.45) is 7.05 Å². The average molecular weight is 318 g/mol. The minimum Gasteiger partial charge on any atom is -0.480 e. The number of nitrogens with zero attached hydrogens (tertiary/aromatic N) is 1. The number of para-hydroxylation sites is 1. The zero-order valence-corrected chi connectivity index (χ0v) is 12.7. The second-order valence-electron chi connectivity index (χ2n) is 5.92. The maximum Gasteiger partial charge on any atom is 0.355 e. The molecular formula is C16H18N2O5. The van der Waals surface area contributed by atoms with Gasteiger partial charge in [-0.25, -0.2) is 4.79 Å². The molecule has 1 aliphatic heterocycles. The number of aromatic nitrogens is 1. The number of aliphatic hydroxyl groups is 1. The van der Waals surface area contributed by atoms with E-state index in [9.17, 15) is 14.7 Å². The number of rotatable bonds is 4. The van der Waals surface area contributed by atoms with Gasteiger partial charge in [0.1, 0.15) is 23.9 Å². The van der Waals surface area contributed by atoms with Gasteiger partial charge in [-0.2, -0.15) is 0 Å². The number of ether oxygens (including phenoxy) is 1. The van der Waals surface area contributed by atoms with Gasteiger partial charge in [0.2, 0.25) is 0 Å². The predicted octanol–water partition coefficient (Wildman–Crippen LogP) is 0.513. The Kier molecular flexibility index (Phi) is 3.83. The summed E-state index contributed by atoms with van der Waals surface area (Å²) < 4.78 is 6.94. The van der Waals surface area contributed by atoms with E-state index in [1.165, 1.54) is 0 Å². The summed E-state index contributed by atoms with van der Waals surface area (Å²) in [4.78, 5) is 23.2. The Morgan fingerprint density at radius 3 is 2.83 bits per heavy atom. The molecule has 0 bridgehead atoms. The van der Waals surface area contributed by atoms with Crippen LogP contribution in [0.3, 0.4) is 0 Å². The molecule has 3 rings (SSSR count). The van der Waals surface area contributed by atoms with Gasteiger partial charge in [-0.1, -0.05) is 18.2 Å². The highest BCUT2D eigenvalue weighted by Gasteiger charge is 2.41. The average Bonchev–Trinajstić information content (AvgIpc) is 3.08. The molecule has 3 N–H and O–H groups in total. The van der Waals surface area contributed by atoms with Crippen LogP contribution in [0.4, 0.5) is 0 Å². The van der Waals surface area contributed by atoms with E-state index in [-0.39, 0.29) is 19.6 Å². The smallest absolute Gasteiger partial charge is 0.355 e. The van der Waals surface area contributed by atoms with E-state index >= 15 is 0 Å². The van der Waals surface area contributed by atoms with Gasteiger partial charge in [0, 0.05) is 30.9 Å². The Hall–Kier alpha value is -2.38. The summed E-state index contributed by atoms with van der Waals surface area (Å²) in [6.07, 6.45) is 0.00469. The number of aliphatic carboxylic acids is 1. The second kappa shape index (κ2) is 5.68. The number of carboxylic acids is 1. The fourth-order valence-electron chi connectivity index (χ4n) is 2.88. The molecule has 23 heavy (non-hydrogen) atoms. The highest BCUT2D eigenvalue weighted by Crippen LogP contribution is 2.22. The van der Waals surface area contributed by atoms with E-state index in [2.05, 4.69) is 5.32 Å². The van der Waals surface area contributed by atoms with Crippen LogP contribution >= 0.6 is 0 Å². The monoisotopic (exact) mass is 318 g/mol. The number of aryl methyl sites for hydroxylation is 1. The van der Waals surface area contributed by atoms with Crippen molar-refractivity contribution in [2.75, 3.05) is 13.2 Å². The Bertz CT molecular complexity index is 769. The van der Waals surface area contributed by atoms with Crippen LogP contribution in [0.2, 0.25) is 0 Å². The molecule has 7 nitrogen and oxygen atoms in total. The summed E-state index contributed by atoms with van der Waals surface area (Å²) in [5.41, 5.74) is -0.0642. The molecule has 0 amide bonds. The Balaban J connectivity index is 1.69. The Morgan fingerprint density at radius 2 is 2.17 bits per heavy atom. The van der Waals surface area contributed by atoms with Crippen molar-refractivity contribution in [3.05, 3.63) is 36.0 Å². The van der Waals surface area contributed by atoms with Gasteiger partial charge in [-0.15, -0.1) is 0 Å². The minimum atomic E-state index is -1.36. The van der Waals surface area contributed by atoms with Gasteiger partial charge in [0.05, 0.1) is 0 Å². The van der Waals surface area contributed by atoms with Crippen LogP contribution in [0.25, 0.3) is 10.9 Å². The molecule has 1 aromatic heterocycles. The van der Waals surface area contributed by atoms with Gasteiger partial charge in [-0.3, -0.25) is 4.79 Å². The summed E-state index contributed by atoms with van der Waals surface area (Å²) >= 11 is 0. The quantitative estimate of drug-likeness (QED) is 0.710. The number of nitrogens with one attached hydrogen (secondary N) is 1. The molecule has 0 aliphatic carbocycles. The van der Waals surface area contributed by atoms with E-state index in [1.807, 2.05) is 24.3 Å². The van der Waals surface area contributed by atoms with Gasteiger partial charge in [0.15, 0.2) is 0 Å². The molecule has 1 saturated heterocycles. The highest BCUT2D eigenvalue weighted by atomic mass is 16.5. The summed E-state index contributed by atoms with van der Waals surface area (Å²) in [6, 6.07) is 8.48. The van der Waals surface area contributed by atoms with Gasteiger partial charge >= 0.3 is 11.9 Å². The van der Waals surface area contributed by atoms with Crippen LogP contribution in [-0.4, -0.2) is 51.5 Å². The zero-order valence-electron chi connectivity index (χ0n) is 12.7. The number of hydrogen-bond acceptors (Lipinski definition) is 5. The van der Waals surface area contributed by atoms with Crippen molar-refractivity contribution >= 4 is 22.8 Å². The maximum absolute atomic E-state index is 12.3. The van der Waals surface area contributed by atoms with E-state index in [0.717, 1.165) is 10.9 Å². The first-order valence-electron chi connectivity index (χ1n) is 7.30. The zero-order chi connectivity index (χ0) is 16.6. The van der Waals surface area contributed by atoms with Crippen LogP contribution < -0.4 is 5.32 Å². The van der Waals surface area contributed by atoms with Gasteiger partial charge in [0.25, 0.3) is 0 Å². The molecule has 0 unspecified atom stereocenters. The number of esters is 1. The van der Waals surface area contributed by atoms with Crippen LogP contribution in [0, 0.1) is 0 Å². The Labute approximate surface area is 132 Å². The lowest BCUT2D eigenvalue weighted by atomic mass is 10.0. The lowest BCUT2D eigenvalue weighted by Crippen LogP contribution is -2.37. The van der Waals surface area contributed by atoms with E-state index < -0.39 is 23.6 Å². The number of carbonyl (C=O) groups excluding carboxylic acids is 1. The fourth-order valence-corrected chi connectivity index (χ4v) is 2.88. The third-order valence-corrected chi connectivity index (χ3v) is 4.19. The number of hydrogen-bond donors (Lipinski definition) is 3. The molecule has 2 atom stereocenters. The standard InChI is InChI=1S/C16H18N2O5/c1-18-12-5-3-2-4-10(12)6-13(18)15(21)23-9-16(22)7-11(14(19)20)17-8-16/h2-6,11,17,22H,7-9H2,1H3,(H,19,20)/t11-,16+/m0/s1. The molecular weight excluding hydrogens is 300 g/mol. The largest absolute Gasteiger partial charge is 0.480 e. The molecule has 0 spiro atoms. The van der Waals surface area contributed by atoms with Crippen molar-refractivity contribution in [1.82, 2.24) is 9.88 Å². The minimum absolute atomic E-state index is 0.00469. The molecule has 1 aromatic carbocycles. The summed E-state index contributed by atoms with van der Waals surface area (Å²) in [6.45, 7) is -0.170. The van der Waals surface area contributed by atoms with E-state index in [4.69, 9.17) is 9.84 Å². The molecule has 122 valence electrons. The molecule has 0 radical (unpaired) electrons. The van der Waals surface area contributed by atoms with Crippen molar-refractivity contribution < 1.29 is 24.5 Å². The van der Waals surface area contributed by atoms with Gasteiger partial charge in [-0.05, 0) is 12.1 Å². The van der Waals surface area contributed by atoms with Crippen molar-refractivity contribution in [3.63, 3.8) is 0 Å². The summed E-state index contributed by atoms with van der Waals surface area (Å²) in [5, 5.41) is 22.9. The molecule has 1 aliphatic rings. The predicted molar refractivity (Wildman–Crippen MR) is 82.2 cm³/mol. The maximum atomic E-state index is 12.3. The second-order valence-corrected chi connectivity index (χ2v) is 5.92. The number of benzene rings is 1. The first-order valence-corrected chi connectivity index (χ1v) is 7.30.